The summed E-state index contributed by atoms with van der Waals surface area (Å²) in [5.41, 5.74) is 14.2. The van der Waals surface area contributed by atoms with Crippen molar-refractivity contribution in [3.8, 4) is 11.1 Å². The molecule has 0 heterocycles. The average Bonchev–Trinajstić information content (AvgIpc) is 2.81. The predicted octanol–water partition coefficient (Wildman–Crippen LogP) is 2.19. The zero-order valence-electron chi connectivity index (χ0n) is 19.6. The Morgan fingerprint density at radius 1 is 0.824 bits per heavy atom. The molecule has 0 unspecified atom stereocenters. The van der Waals surface area contributed by atoms with Crippen LogP contribution < -0.4 is 22.1 Å². The molecule has 0 aliphatic heterocycles. The third kappa shape index (κ3) is 14.2. The van der Waals surface area contributed by atoms with Gasteiger partial charge in [-0.05, 0) is 37.3 Å². The molecule has 184 valence electrons. The number of nitrogens with two attached hydrogens (primary N) is 2. The lowest BCUT2D eigenvalue weighted by Crippen LogP contribution is -2.37. The van der Waals surface area contributed by atoms with Crippen LogP contribution in [0.1, 0.15) is 37.7 Å². The lowest BCUT2D eigenvalue weighted by Gasteiger charge is -2.06. The predicted molar refractivity (Wildman–Crippen MR) is 134 cm³/mol. The molecule has 0 bridgehead atoms. The number of benzene rings is 2. The maximum Gasteiger partial charge on any atom is 0.303 e. The van der Waals surface area contributed by atoms with E-state index < -0.39 is 5.97 Å². The Balaban J connectivity index is 0.000000375. The molecule has 2 aromatic rings. The number of carbonyl (C=O) groups is 3. The van der Waals surface area contributed by atoms with E-state index in [1.165, 1.54) is 16.7 Å². The third-order valence-corrected chi connectivity index (χ3v) is 4.60. The van der Waals surface area contributed by atoms with Crippen LogP contribution in [0, 0.1) is 6.92 Å². The summed E-state index contributed by atoms with van der Waals surface area (Å²) in [5.74, 6) is -1.52. The monoisotopic (exact) mass is 469 g/mol. The van der Waals surface area contributed by atoms with E-state index in [9.17, 15) is 14.4 Å². The fraction of sp³-hybridized carbons (Fsp3) is 0.360. The molecule has 0 fully saturated rings. The minimum absolute atomic E-state index is 0.0460. The minimum atomic E-state index is -0.943. The Labute approximate surface area is 200 Å². The molecular formula is C25H35N5O4. The molecule has 0 aliphatic carbocycles. The molecule has 2 amide bonds. The fourth-order valence-electron chi connectivity index (χ4n) is 2.78. The number of nitrogens with zero attached hydrogens (tertiary/aromatic N) is 1. The van der Waals surface area contributed by atoms with Gasteiger partial charge in [-0.2, -0.15) is 0 Å². The van der Waals surface area contributed by atoms with Crippen LogP contribution in [-0.2, 0) is 14.4 Å². The summed E-state index contributed by atoms with van der Waals surface area (Å²) in [5, 5.41) is 13.5. The number of hydrogen-bond acceptors (Lipinski definition) is 4. The van der Waals surface area contributed by atoms with Crippen LogP contribution in [0.2, 0.25) is 0 Å². The van der Waals surface area contributed by atoms with Crippen LogP contribution in [0.25, 0.3) is 11.1 Å². The molecule has 2 rings (SSSR count). The fourth-order valence-corrected chi connectivity index (χ4v) is 2.78. The molecule has 0 aliphatic rings. The van der Waals surface area contributed by atoms with Crippen LogP contribution in [-0.4, -0.2) is 48.5 Å². The summed E-state index contributed by atoms with van der Waals surface area (Å²) in [6, 6.07) is 19.0. The number of hydrogen-bond donors (Lipinski definition) is 5. The number of carboxylic acid groups (broad SMARTS) is 1. The number of aliphatic carboxylic acids is 1. The highest BCUT2D eigenvalue weighted by Gasteiger charge is 2.06. The Morgan fingerprint density at radius 3 is 2.09 bits per heavy atom. The van der Waals surface area contributed by atoms with E-state index in [1.807, 2.05) is 6.07 Å². The molecule has 0 saturated heterocycles. The van der Waals surface area contributed by atoms with Gasteiger partial charge in [0.05, 0.1) is 6.54 Å². The van der Waals surface area contributed by atoms with Gasteiger partial charge in [-0.25, -0.2) is 0 Å². The van der Waals surface area contributed by atoms with Crippen molar-refractivity contribution in [1.29, 1.82) is 0 Å². The standard InChI is InChI=1S/C13H12.C12H23N5O4/c1-11-7-9-13(10-8-11)12-5-3-2-4-6-12;13-12(14)16-7-2-1-6-15-10(19)8-17-9(18)4-3-5-11(20)21/h2-10H,1H3;1-8H2,(H,15,19)(H,17,18)(H,20,21)(H4,13,14,16). The van der Waals surface area contributed by atoms with Gasteiger partial charge in [0.15, 0.2) is 5.96 Å². The normalized spacial score (nSPS) is 9.79. The first kappa shape index (κ1) is 28.2. The minimum Gasteiger partial charge on any atom is -0.481 e. The SMILES string of the molecule is Cc1ccc(-c2ccccc2)cc1.NC(N)=NCCCCNC(=O)CNC(=O)CCCC(=O)O. The highest BCUT2D eigenvalue weighted by atomic mass is 16.4. The Bertz CT molecular complexity index is 911. The molecule has 7 N–H and O–H groups in total. The van der Waals surface area contributed by atoms with Gasteiger partial charge in [-0.1, -0.05) is 60.2 Å². The van der Waals surface area contributed by atoms with Crippen molar-refractivity contribution in [2.24, 2.45) is 16.5 Å². The van der Waals surface area contributed by atoms with E-state index in [1.54, 1.807) is 0 Å². The molecule has 2 aromatic carbocycles. The van der Waals surface area contributed by atoms with Crippen molar-refractivity contribution in [3.63, 3.8) is 0 Å². The number of aryl methyl sites for hydroxylation is 1. The van der Waals surface area contributed by atoms with Gasteiger partial charge in [0.1, 0.15) is 0 Å². The number of guanidine groups is 1. The first-order valence-electron chi connectivity index (χ1n) is 11.2. The first-order chi connectivity index (χ1) is 16.3. The van der Waals surface area contributed by atoms with E-state index in [0.29, 0.717) is 13.1 Å². The van der Waals surface area contributed by atoms with Crippen LogP contribution in [0.4, 0.5) is 0 Å². The molecule has 9 nitrogen and oxygen atoms in total. The molecule has 0 saturated carbocycles. The Hall–Kier alpha value is -3.88. The van der Waals surface area contributed by atoms with E-state index in [4.69, 9.17) is 16.6 Å². The topological polar surface area (TPSA) is 160 Å². The van der Waals surface area contributed by atoms with Crippen molar-refractivity contribution < 1.29 is 19.5 Å². The van der Waals surface area contributed by atoms with Crippen LogP contribution in [0.3, 0.4) is 0 Å². The lowest BCUT2D eigenvalue weighted by molar-refractivity contribution is -0.137. The number of carboxylic acids is 1. The second-order valence-electron chi connectivity index (χ2n) is 7.62. The summed E-state index contributed by atoms with van der Waals surface area (Å²) in [6.45, 7) is 2.99. The van der Waals surface area contributed by atoms with Crippen molar-refractivity contribution in [2.75, 3.05) is 19.6 Å². The summed E-state index contributed by atoms with van der Waals surface area (Å²) in [4.78, 5) is 36.7. The van der Waals surface area contributed by atoms with Gasteiger partial charge in [0.2, 0.25) is 11.8 Å². The lowest BCUT2D eigenvalue weighted by atomic mass is 10.0. The average molecular weight is 470 g/mol. The van der Waals surface area contributed by atoms with Crippen molar-refractivity contribution in [1.82, 2.24) is 10.6 Å². The number of carbonyl (C=O) groups excluding carboxylic acids is 2. The molecule has 0 atom stereocenters. The molecule has 0 spiro atoms. The van der Waals surface area contributed by atoms with Crippen molar-refractivity contribution in [2.45, 2.75) is 39.0 Å². The van der Waals surface area contributed by atoms with Gasteiger partial charge in [0, 0.05) is 25.9 Å². The second kappa shape index (κ2) is 16.7. The van der Waals surface area contributed by atoms with Gasteiger partial charge in [-0.15, -0.1) is 0 Å². The number of amides is 2. The highest BCUT2D eigenvalue weighted by Crippen LogP contribution is 2.18. The largest absolute Gasteiger partial charge is 0.481 e. The van der Waals surface area contributed by atoms with Crippen LogP contribution in [0.15, 0.2) is 59.6 Å². The number of unbranched alkanes of at least 4 members (excludes halogenated alkanes) is 1. The molecule has 0 radical (unpaired) electrons. The summed E-state index contributed by atoms with van der Waals surface area (Å²) in [7, 11) is 0. The summed E-state index contributed by atoms with van der Waals surface area (Å²) >= 11 is 0. The van der Waals surface area contributed by atoms with E-state index in [-0.39, 0.29) is 43.6 Å². The van der Waals surface area contributed by atoms with Crippen molar-refractivity contribution >= 4 is 23.7 Å². The summed E-state index contributed by atoms with van der Waals surface area (Å²) in [6.07, 6.45) is 1.77. The van der Waals surface area contributed by atoms with Gasteiger partial charge in [0.25, 0.3) is 0 Å². The zero-order chi connectivity index (χ0) is 25.2. The first-order valence-corrected chi connectivity index (χ1v) is 11.2. The smallest absolute Gasteiger partial charge is 0.303 e. The zero-order valence-corrected chi connectivity index (χ0v) is 19.6. The van der Waals surface area contributed by atoms with E-state index in [2.05, 4.69) is 71.1 Å². The maximum atomic E-state index is 11.4. The van der Waals surface area contributed by atoms with Gasteiger partial charge >= 0.3 is 5.97 Å². The third-order valence-electron chi connectivity index (χ3n) is 4.60. The summed E-state index contributed by atoms with van der Waals surface area (Å²) < 4.78 is 0. The number of rotatable bonds is 12. The van der Waals surface area contributed by atoms with E-state index in [0.717, 1.165) is 12.8 Å². The second-order valence-corrected chi connectivity index (χ2v) is 7.62. The molecule has 34 heavy (non-hydrogen) atoms. The van der Waals surface area contributed by atoms with Gasteiger partial charge < -0.3 is 27.2 Å². The van der Waals surface area contributed by atoms with Crippen LogP contribution >= 0.6 is 0 Å². The highest BCUT2D eigenvalue weighted by molar-refractivity contribution is 5.84. The molecule has 0 aromatic heterocycles. The maximum absolute atomic E-state index is 11.4. The van der Waals surface area contributed by atoms with E-state index >= 15 is 0 Å². The Kier molecular flexibility index (Phi) is 13.8. The quantitative estimate of drug-likeness (QED) is 0.182. The number of nitrogens with one attached hydrogen (secondary N) is 2. The Morgan fingerprint density at radius 2 is 1.47 bits per heavy atom. The van der Waals surface area contributed by atoms with Gasteiger partial charge in [-0.3, -0.25) is 19.4 Å². The molecule has 9 heteroatoms. The van der Waals surface area contributed by atoms with Crippen LogP contribution in [0.5, 0.6) is 0 Å². The number of aliphatic imine (C=N–C) groups is 1. The van der Waals surface area contributed by atoms with Crippen molar-refractivity contribution in [3.05, 3.63) is 60.2 Å². The molecular weight excluding hydrogens is 434 g/mol.